The van der Waals surface area contributed by atoms with Crippen molar-refractivity contribution in [2.24, 2.45) is 0 Å². The second-order valence-electron chi connectivity index (χ2n) is 8.37. The van der Waals surface area contributed by atoms with Crippen molar-refractivity contribution in [2.75, 3.05) is 20.0 Å². The lowest BCUT2D eigenvalue weighted by atomic mass is 10.1. The number of carbonyl (C=O) groups excluding carboxylic acids is 3. The van der Waals surface area contributed by atoms with Gasteiger partial charge in [0.1, 0.15) is 0 Å². The van der Waals surface area contributed by atoms with Gasteiger partial charge in [0.25, 0.3) is 34.8 Å². The molecule has 0 saturated carbocycles. The maximum atomic E-state index is 13.3. The number of non-ortho nitro benzene ring substituents is 3. The molecule has 0 N–H and O–H groups in total. The van der Waals surface area contributed by atoms with Crippen molar-refractivity contribution >= 4 is 34.8 Å². The van der Waals surface area contributed by atoms with Crippen LogP contribution in [0.4, 0.5) is 17.1 Å². The summed E-state index contributed by atoms with van der Waals surface area (Å²) in [5, 5.41) is 32.9. The van der Waals surface area contributed by atoms with Crippen LogP contribution in [0.5, 0.6) is 0 Å². The molecule has 198 valence electrons. The number of hydrogen-bond acceptors (Lipinski definition) is 9. The van der Waals surface area contributed by atoms with Crippen LogP contribution in [-0.4, -0.2) is 67.2 Å². The van der Waals surface area contributed by atoms with Crippen LogP contribution >= 0.6 is 0 Å². The predicted octanol–water partition coefficient (Wildman–Crippen LogP) is 3.02. The first kappa shape index (κ1) is 26.3. The summed E-state index contributed by atoms with van der Waals surface area (Å²) in [7, 11) is 0. The van der Waals surface area contributed by atoms with Gasteiger partial charge in [-0.1, -0.05) is 0 Å². The Kier molecular flexibility index (Phi) is 7.23. The third-order valence-corrected chi connectivity index (χ3v) is 5.86. The molecule has 3 aromatic carbocycles. The molecule has 0 atom stereocenters. The normalized spacial score (nSPS) is 13.1. The molecule has 3 aromatic rings. The van der Waals surface area contributed by atoms with Gasteiger partial charge in [0.05, 0.1) is 34.8 Å². The van der Waals surface area contributed by atoms with Crippen LogP contribution in [0.25, 0.3) is 0 Å². The minimum atomic E-state index is -0.621. The molecule has 1 heterocycles. The standard InChI is InChI=1S/C24H18N6O9/c31-22(16-1-7-19(8-2-16)28(34)35)25-13-26(23(32)17-3-9-20(10-4-17)29(36)37)15-27(14-25)24(33)18-5-11-21(12-6-18)30(38)39/h1-12H,13-15H2. The largest absolute Gasteiger partial charge is 0.303 e. The molecule has 1 saturated heterocycles. The first-order valence-electron chi connectivity index (χ1n) is 11.2. The lowest BCUT2D eigenvalue weighted by molar-refractivity contribution is -0.385. The van der Waals surface area contributed by atoms with Gasteiger partial charge in [-0.25, -0.2) is 0 Å². The summed E-state index contributed by atoms with van der Waals surface area (Å²) in [4.78, 5) is 74.3. The Labute approximate surface area is 218 Å². The lowest BCUT2D eigenvalue weighted by Gasteiger charge is -2.42. The molecule has 1 aliphatic heterocycles. The van der Waals surface area contributed by atoms with Crippen LogP contribution < -0.4 is 0 Å². The SMILES string of the molecule is O=C(c1ccc([N+](=O)[O-])cc1)N1CN(C(=O)c2ccc([N+](=O)[O-])cc2)CN(C(=O)c2ccc([N+](=O)[O-])cc2)C1. The number of rotatable bonds is 6. The van der Waals surface area contributed by atoms with E-state index in [1.165, 1.54) is 51.1 Å². The Morgan fingerprint density at radius 2 is 0.667 bits per heavy atom. The third-order valence-electron chi connectivity index (χ3n) is 5.86. The number of amides is 3. The molecule has 15 nitrogen and oxygen atoms in total. The average molecular weight is 534 g/mol. The highest BCUT2D eigenvalue weighted by Crippen LogP contribution is 2.21. The second-order valence-corrected chi connectivity index (χ2v) is 8.37. The number of nitro groups is 3. The van der Waals surface area contributed by atoms with Crippen LogP contribution in [0.2, 0.25) is 0 Å². The van der Waals surface area contributed by atoms with Gasteiger partial charge in [-0.3, -0.25) is 44.7 Å². The Hall–Kier alpha value is -5.73. The zero-order valence-electron chi connectivity index (χ0n) is 19.9. The van der Waals surface area contributed by atoms with E-state index in [9.17, 15) is 44.7 Å². The van der Waals surface area contributed by atoms with E-state index >= 15 is 0 Å². The second kappa shape index (κ2) is 10.7. The van der Waals surface area contributed by atoms with Gasteiger partial charge < -0.3 is 14.7 Å². The summed E-state index contributed by atoms with van der Waals surface area (Å²) < 4.78 is 0. The maximum absolute atomic E-state index is 13.3. The van der Waals surface area contributed by atoms with Gasteiger partial charge in [-0.2, -0.15) is 0 Å². The molecule has 4 rings (SSSR count). The van der Waals surface area contributed by atoms with Crippen molar-refractivity contribution in [3.05, 3.63) is 120 Å². The molecule has 0 spiro atoms. The molecular formula is C24H18N6O9. The lowest BCUT2D eigenvalue weighted by Crippen LogP contribution is -2.59. The molecule has 15 heteroatoms. The summed E-state index contributed by atoms with van der Waals surface area (Å²) in [6, 6.07) is 14.4. The van der Waals surface area contributed by atoms with Gasteiger partial charge in [0, 0.05) is 53.1 Å². The van der Waals surface area contributed by atoms with Crippen molar-refractivity contribution in [1.29, 1.82) is 0 Å². The van der Waals surface area contributed by atoms with Crippen molar-refractivity contribution in [3.8, 4) is 0 Å². The molecule has 0 aromatic heterocycles. The number of nitrogens with zero attached hydrogens (tertiary/aromatic N) is 6. The Morgan fingerprint density at radius 3 is 0.846 bits per heavy atom. The van der Waals surface area contributed by atoms with Crippen molar-refractivity contribution in [2.45, 2.75) is 0 Å². The van der Waals surface area contributed by atoms with E-state index < -0.39 is 32.5 Å². The summed E-state index contributed by atoms with van der Waals surface area (Å²) >= 11 is 0. The summed E-state index contributed by atoms with van der Waals surface area (Å²) in [5.74, 6) is -1.85. The van der Waals surface area contributed by atoms with Gasteiger partial charge in [0.15, 0.2) is 0 Å². The van der Waals surface area contributed by atoms with Crippen molar-refractivity contribution in [1.82, 2.24) is 14.7 Å². The highest BCUT2D eigenvalue weighted by molar-refractivity contribution is 5.99. The zero-order valence-corrected chi connectivity index (χ0v) is 19.9. The number of nitro benzene ring substituents is 3. The molecule has 3 amide bonds. The Morgan fingerprint density at radius 1 is 0.462 bits per heavy atom. The monoisotopic (exact) mass is 534 g/mol. The zero-order chi connectivity index (χ0) is 28.3. The molecular weight excluding hydrogens is 516 g/mol. The number of hydrogen-bond donors (Lipinski definition) is 0. The van der Waals surface area contributed by atoms with Crippen molar-refractivity contribution < 1.29 is 29.2 Å². The van der Waals surface area contributed by atoms with Crippen LogP contribution in [0.1, 0.15) is 31.1 Å². The van der Waals surface area contributed by atoms with Gasteiger partial charge in [0.2, 0.25) is 0 Å². The number of carbonyl (C=O) groups is 3. The topological polar surface area (TPSA) is 190 Å². The Balaban J connectivity index is 1.63. The molecule has 1 aliphatic rings. The molecule has 0 bridgehead atoms. The molecule has 0 radical (unpaired) electrons. The molecule has 1 fully saturated rings. The van der Waals surface area contributed by atoms with Crippen LogP contribution in [-0.2, 0) is 0 Å². The molecule has 0 aliphatic carbocycles. The van der Waals surface area contributed by atoms with E-state index in [2.05, 4.69) is 0 Å². The van der Waals surface area contributed by atoms with Crippen molar-refractivity contribution in [3.63, 3.8) is 0 Å². The fourth-order valence-corrected chi connectivity index (χ4v) is 3.86. The summed E-state index contributed by atoms with van der Waals surface area (Å²) in [6.45, 7) is -0.763. The fourth-order valence-electron chi connectivity index (χ4n) is 3.86. The van der Waals surface area contributed by atoms with E-state index in [-0.39, 0.29) is 53.8 Å². The van der Waals surface area contributed by atoms with E-state index in [0.717, 1.165) is 36.4 Å². The van der Waals surface area contributed by atoms with E-state index in [1.807, 2.05) is 0 Å². The Bertz CT molecular complexity index is 1290. The van der Waals surface area contributed by atoms with E-state index in [0.29, 0.717) is 0 Å². The summed E-state index contributed by atoms with van der Waals surface area (Å²) in [5.41, 5.74) is -0.450. The fraction of sp³-hybridized carbons (Fsp3) is 0.125. The minimum absolute atomic E-state index is 0.0768. The highest BCUT2D eigenvalue weighted by atomic mass is 16.6. The van der Waals surface area contributed by atoms with Gasteiger partial charge in [-0.05, 0) is 36.4 Å². The highest BCUT2D eigenvalue weighted by Gasteiger charge is 2.33. The maximum Gasteiger partial charge on any atom is 0.269 e. The average Bonchev–Trinajstić information content (AvgIpc) is 2.95. The quantitative estimate of drug-likeness (QED) is 0.338. The molecule has 0 unspecified atom stereocenters. The first-order valence-corrected chi connectivity index (χ1v) is 11.2. The van der Waals surface area contributed by atoms with Gasteiger partial charge in [-0.15, -0.1) is 0 Å². The summed E-state index contributed by atoms with van der Waals surface area (Å²) in [6.07, 6.45) is 0. The number of benzene rings is 3. The predicted molar refractivity (Wildman–Crippen MR) is 132 cm³/mol. The third kappa shape index (κ3) is 5.66. The van der Waals surface area contributed by atoms with Gasteiger partial charge >= 0.3 is 0 Å². The minimum Gasteiger partial charge on any atom is -0.303 e. The van der Waals surface area contributed by atoms with Crippen LogP contribution in [0.15, 0.2) is 72.8 Å². The van der Waals surface area contributed by atoms with E-state index in [1.54, 1.807) is 0 Å². The van der Waals surface area contributed by atoms with Crippen LogP contribution in [0.3, 0.4) is 0 Å². The smallest absolute Gasteiger partial charge is 0.269 e. The molecule has 39 heavy (non-hydrogen) atoms. The van der Waals surface area contributed by atoms with Crippen LogP contribution in [0, 0.1) is 30.3 Å². The van der Waals surface area contributed by atoms with E-state index in [4.69, 9.17) is 0 Å². The first-order chi connectivity index (χ1) is 18.5.